The first kappa shape index (κ1) is 10.1. The highest BCUT2D eigenvalue weighted by Gasteiger charge is 2.27. The lowest BCUT2D eigenvalue weighted by molar-refractivity contribution is 0.743. The van der Waals surface area contributed by atoms with Crippen molar-refractivity contribution in [2.24, 2.45) is 0 Å². The molecule has 1 aliphatic heterocycles. The lowest BCUT2D eigenvalue weighted by Gasteiger charge is -2.32. The summed E-state index contributed by atoms with van der Waals surface area (Å²) in [6.45, 7) is 2.36. The fourth-order valence-electron chi connectivity index (χ4n) is 1.21. The Morgan fingerprint density at radius 2 is 2.00 bits per heavy atom. The van der Waals surface area contributed by atoms with Crippen LogP contribution < -0.4 is 0 Å². The second-order valence-corrected chi connectivity index (χ2v) is 6.81. The van der Waals surface area contributed by atoms with Crippen molar-refractivity contribution in [2.45, 2.75) is 30.3 Å². The van der Waals surface area contributed by atoms with E-state index in [1.807, 2.05) is 0 Å². The highest BCUT2D eigenvalue weighted by molar-refractivity contribution is 8.18. The predicted molar refractivity (Wildman–Crippen MR) is 57.9 cm³/mol. The van der Waals surface area contributed by atoms with Gasteiger partial charge in [-0.15, -0.1) is 35.1 Å². The molecule has 0 N–H and O–H groups in total. The van der Waals surface area contributed by atoms with E-state index in [0.717, 1.165) is 12.3 Å². The molecule has 0 nitrogen and oxygen atoms in total. The Labute approximate surface area is 82.8 Å². The van der Waals surface area contributed by atoms with Crippen LogP contribution in [0.4, 0.5) is 0 Å². The smallest absolute Gasteiger partial charge is 0.0583 e. The summed E-state index contributed by atoms with van der Waals surface area (Å²) >= 11 is 9.88. The number of rotatable bonds is 3. The molecular weight excluding hydrogens is 196 g/mol. The van der Waals surface area contributed by atoms with Gasteiger partial charge >= 0.3 is 0 Å². The van der Waals surface area contributed by atoms with Gasteiger partial charge < -0.3 is 0 Å². The molecule has 1 saturated heterocycles. The molecule has 0 aromatic carbocycles. The third-order valence-electron chi connectivity index (χ3n) is 1.87. The van der Waals surface area contributed by atoms with Crippen LogP contribution in [0.5, 0.6) is 0 Å². The van der Waals surface area contributed by atoms with Gasteiger partial charge in [-0.05, 0) is 37.7 Å². The normalized spacial score (nSPS) is 23.5. The summed E-state index contributed by atoms with van der Waals surface area (Å²) in [4.78, 5) is 0. The van der Waals surface area contributed by atoms with E-state index in [1.54, 1.807) is 0 Å². The summed E-state index contributed by atoms with van der Waals surface area (Å²) in [5.41, 5.74) is 0. The molecule has 0 aromatic heterocycles. The molecule has 0 amide bonds. The molecule has 66 valence electrons. The van der Waals surface area contributed by atoms with Crippen molar-refractivity contribution in [2.75, 3.05) is 17.4 Å². The summed E-state index contributed by atoms with van der Waals surface area (Å²) in [5, 5.41) is 0. The monoisotopic (exact) mass is 210 g/mol. The molecule has 0 saturated carbocycles. The molecule has 0 aliphatic carbocycles. The summed E-state index contributed by atoms with van der Waals surface area (Å²) in [6.07, 6.45) is 3.82. The minimum atomic E-state index is 0.479. The second kappa shape index (κ2) is 4.88. The van der Waals surface area contributed by atoms with Gasteiger partial charge in [0.1, 0.15) is 0 Å². The Kier molecular flexibility index (Phi) is 4.47. The average molecular weight is 211 g/mol. The van der Waals surface area contributed by atoms with Crippen LogP contribution in [0, 0.1) is 0 Å². The van der Waals surface area contributed by atoms with Gasteiger partial charge in [0.25, 0.3) is 0 Å². The topological polar surface area (TPSA) is 0 Å². The molecule has 1 fully saturated rings. The lowest BCUT2D eigenvalue weighted by Crippen LogP contribution is -2.20. The molecule has 1 aliphatic rings. The SMILES string of the molecule is CC1(CCCCl)SCCCS1. The third kappa shape index (κ3) is 3.47. The molecule has 0 spiro atoms. The van der Waals surface area contributed by atoms with Crippen molar-refractivity contribution in [3.05, 3.63) is 0 Å². The first-order valence-electron chi connectivity index (χ1n) is 4.11. The summed E-state index contributed by atoms with van der Waals surface area (Å²) < 4.78 is 0.479. The van der Waals surface area contributed by atoms with Crippen LogP contribution >= 0.6 is 35.1 Å². The molecule has 0 radical (unpaired) electrons. The Bertz CT molecular complexity index is 111. The highest BCUT2D eigenvalue weighted by atomic mass is 35.5. The van der Waals surface area contributed by atoms with Gasteiger partial charge in [-0.3, -0.25) is 0 Å². The quantitative estimate of drug-likeness (QED) is 0.653. The van der Waals surface area contributed by atoms with Crippen molar-refractivity contribution in [1.29, 1.82) is 0 Å². The molecule has 0 bridgehead atoms. The van der Waals surface area contributed by atoms with Crippen molar-refractivity contribution < 1.29 is 0 Å². The number of halogens is 1. The van der Waals surface area contributed by atoms with Crippen molar-refractivity contribution >= 4 is 35.1 Å². The molecule has 1 heterocycles. The maximum Gasteiger partial charge on any atom is 0.0583 e. The average Bonchev–Trinajstić information content (AvgIpc) is 2.03. The highest BCUT2D eigenvalue weighted by Crippen LogP contribution is 2.44. The minimum absolute atomic E-state index is 0.479. The van der Waals surface area contributed by atoms with E-state index >= 15 is 0 Å². The fraction of sp³-hybridized carbons (Fsp3) is 1.00. The van der Waals surface area contributed by atoms with E-state index in [0.29, 0.717) is 4.08 Å². The number of hydrogen-bond donors (Lipinski definition) is 0. The van der Waals surface area contributed by atoms with Gasteiger partial charge in [-0.1, -0.05) is 0 Å². The lowest BCUT2D eigenvalue weighted by atomic mass is 10.3. The van der Waals surface area contributed by atoms with Crippen molar-refractivity contribution in [3.8, 4) is 0 Å². The minimum Gasteiger partial charge on any atom is -0.144 e. The Morgan fingerprint density at radius 3 is 2.55 bits per heavy atom. The van der Waals surface area contributed by atoms with Crippen LogP contribution in [0.2, 0.25) is 0 Å². The Morgan fingerprint density at radius 1 is 1.36 bits per heavy atom. The van der Waals surface area contributed by atoms with E-state index in [1.165, 1.54) is 24.3 Å². The summed E-state index contributed by atoms with van der Waals surface area (Å²) in [7, 11) is 0. The van der Waals surface area contributed by atoms with Crippen LogP contribution in [-0.2, 0) is 0 Å². The zero-order chi connectivity index (χ0) is 8.16. The molecule has 1 rings (SSSR count). The molecule has 0 aromatic rings. The van der Waals surface area contributed by atoms with Crippen LogP contribution in [0.1, 0.15) is 26.2 Å². The fourth-order valence-corrected chi connectivity index (χ4v) is 4.38. The number of alkyl halides is 1. The van der Waals surface area contributed by atoms with Gasteiger partial charge in [-0.25, -0.2) is 0 Å². The van der Waals surface area contributed by atoms with Gasteiger partial charge in [0.2, 0.25) is 0 Å². The summed E-state index contributed by atoms with van der Waals surface area (Å²) in [5.74, 6) is 3.49. The van der Waals surface area contributed by atoms with Gasteiger partial charge in [0.05, 0.1) is 4.08 Å². The predicted octanol–water partition coefficient (Wildman–Crippen LogP) is 3.59. The second-order valence-electron chi connectivity index (χ2n) is 2.98. The molecule has 11 heavy (non-hydrogen) atoms. The van der Waals surface area contributed by atoms with Crippen LogP contribution in [0.25, 0.3) is 0 Å². The van der Waals surface area contributed by atoms with Crippen LogP contribution in [0.15, 0.2) is 0 Å². The first-order chi connectivity index (χ1) is 5.27. The van der Waals surface area contributed by atoms with Gasteiger partial charge in [0.15, 0.2) is 0 Å². The Balaban J connectivity index is 2.25. The zero-order valence-corrected chi connectivity index (χ0v) is 9.33. The summed E-state index contributed by atoms with van der Waals surface area (Å²) in [6, 6.07) is 0. The largest absolute Gasteiger partial charge is 0.144 e. The van der Waals surface area contributed by atoms with Crippen LogP contribution in [-0.4, -0.2) is 21.5 Å². The standard InChI is InChI=1S/C8H15ClS2/c1-8(4-2-5-9)10-6-3-7-11-8/h2-7H2,1H3. The maximum atomic E-state index is 5.66. The van der Waals surface area contributed by atoms with E-state index in [9.17, 15) is 0 Å². The Hall–Kier alpha value is 0.990. The number of hydrogen-bond acceptors (Lipinski definition) is 2. The molecule has 3 heteroatoms. The number of thioether (sulfide) groups is 2. The van der Waals surface area contributed by atoms with E-state index in [-0.39, 0.29) is 0 Å². The van der Waals surface area contributed by atoms with E-state index < -0.39 is 0 Å². The van der Waals surface area contributed by atoms with Crippen molar-refractivity contribution in [3.63, 3.8) is 0 Å². The van der Waals surface area contributed by atoms with Gasteiger partial charge in [-0.2, -0.15) is 0 Å². The zero-order valence-electron chi connectivity index (χ0n) is 6.94. The van der Waals surface area contributed by atoms with E-state index in [2.05, 4.69) is 30.4 Å². The first-order valence-corrected chi connectivity index (χ1v) is 6.61. The van der Waals surface area contributed by atoms with Crippen molar-refractivity contribution in [1.82, 2.24) is 0 Å². The molecule has 0 atom stereocenters. The van der Waals surface area contributed by atoms with E-state index in [4.69, 9.17) is 11.6 Å². The maximum absolute atomic E-state index is 5.66. The third-order valence-corrected chi connectivity index (χ3v) is 5.46. The van der Waals surface area contributed by atoms with Crippen LogP contribution in [0.3, 0.4) is 0 Å². The molecular formula is C8H15ClS2. The molecule has 0 unspecified atom stereocenters. The van der Waals surface area contributed by atoms with Gasteiger partial charge in [0, 0.05) is 5.88 Å².